The summed E-state index contributed by atoms with van der Waals surface area (Å²) >= 11 is 0. The van der Waals surface area contributed by atoms with Crippen LogP contribution in [-0.4, -0.2) is 37.5 Å². The van der Waals surface area contributed by atoms with Crippen molar-refractivity contribution in [2.45, 2.75) is 25.8 Å². The van der Waals surface area contributed by atoms with E-state index in [0.29, 0.717) is 31.6 Å². The van der Waals surface area contributed by atoms with Crippen molar-refractivity contribution in [2.75, 3.05) is 32.8 Å². The number of benzene rings is 2. The SMILES string of the molecule is COc1ccc(CNc2nccc3c(OCC45CC(CO)C(C4)C5)cccc23)c(OC)c1. The Kier molecular flexibility index (Phi) is 5.55. The number of anilines is 1. The van der Waals surface area contributed by atoms with Crippen molar-refractivity contribution in [3.8, 4) is 17.2 Å². The van der Waals surface area contributed by atoms with Crippen LogP contribution in [-0.2, 0) is 6.54 Å². The molecule has 2 aromatic carbocycles. The number of fused-ring (bicyclic) bond motifs is 2. The Labute approximate surface area is 188 Å². The minimum Gasteiger partial charge on any atom is -0.497 e. The summed E-state index contributed by atoms with van der Waals surface area (Å²) < 4.78 is 17.2. The van der Waals surface area contributed by atoms with E-state index >= 15 is 0 Å². The average molecular weight is 435 g/mol. The number of pyridine rings is 1. The quantitative estimate of drug-likeness (QED) is 0.511. The number of hydrogen-bond donors (Lipinski definition) is 2. The fraction of sp³-hybridized carbons (Fsp3) is 0.423. The van der Waals surface area contributed by atoms with Gasteiger partial charge in [0.2, 0.25) is 0 Å². The lowest BCUT2D eigenvalue weighted by Gasteiger charge is -2.38. The van der Waals surface area contributed by atoms with Crippen LogP contribution in [0.4, 0.5) is 5.82 Å². The molecule has 0 spiro atoms. The molecule has 2 N–H and O–H groups in total. The second-order valence-corrected chi connectivity index (χ2v) is 9.15. The number of nitrogens with zero attached hydrogens (tertiary/aromatic N) is 1. The molecular formula is C26H30N2O4. The standard InChI is InChI=1S/C26H30N2O4/c1-30-20-7-6-17(24(10-20)31-2)14-28-25-22-4-3-5-23(21(22)8-9-27-25)32-16-26-11-18(12-26)19(13-26)15-29/h3-10,18-19,29H,11-16H2,1-2H3,(H,27,28). The van der Waals surface area contributed by atoms with E-state index in [9.17, 15) is 5.11 Å². The van der Waals surface area contributed by atoms with Crippen LogP contribution in [0.3, 0.4) is 0 Å². The fourth-order valence-electron chi connectivity index (χ4n) is 5.52. The van der Waals surface area contributed by atoms with Crippen LogP contribution in [0.1, 0.15) is 24.8 Å². The van der Waals surface area contributed by atoms with E-state index in [1.807, 2.05) is 42.6 Å². The highest BCUT2D eigenvalue weighted by molar-refractivity contribution is 5.95. The van der Waals surface area contributed by atoms with Gasteiger partial charge in [-0.3, -0.25) is 0 Å². The molecule has 6 rings (SSSR count). The predicted octanol–water partition coefficient (Wildman–Crippen LogP) is 4.65. The third-order valence-corrected chi connectivity index (χ3v) is 7.23. The first-order valence-electron chi connectivity index (χ1n) is 11.2. The second kappa shape index (κ2) is 8.51. The number of methoxy groups -OCH3 is 2. The number of aromatic nitrogens is 1. The third-order valence-electron chi connectivity index (χ3n) is 7.23. The zero-order valence-electron chi connectivity index (χ0n) is 18.6. The minimum atomic E-state index is 0.249. The van der Waals surface area contributed by atoms with Gasteiger partial charge < -0.3 is 24.6 Å². The lowest BCUT2D eigenvalue weighted by molar-refractivity contribution is 0.0659. The third kappa shape index (κ3) is 3.73. The maximum Gasteiger partial charge on any atom is 0.134 e. The minimum absolute atomic E-state index is 0.249. The zero-order valence-corrected chi connectivity index (χ0v) is 18.6. The van der Waals surface area contributed by atoms with Gasteiger partial charge in [-0.2, -0.15) is 0 Å². The molecule has 1 heterocycles. The number of aliphatic hydroxyl groups is 1. The van der Waals surface area contributed by atoms with Gasteiger partial charge in [0, 0.05) is 47.2 Å². The van der Waals surface area contributed by atoms with E-state index in [1.54, 1.807) is 14.2 Å². The number of nitrogens with one attached hydrogen (secondary N) is 1. The topological polar surface area (TPSA) is 72.8 Å². The number of hydrogen-bond acceptors (Lipinski definition) is 6. The molecule has 3 fully saturated rings. The Morgan fingerprint density at radius 3 is 2.66 bits per heavy atom. The molecule has 3 aliphatic rings. The van der Waals surface area contributed by atoms with Gasteiger partial charge in [-0.25, -0.2) is 4.98 Å². The van der Waals surface area contributed by atoms with Crippen LogP contribution >= 0.6 is 0 Å². The van der Waals surface area contributed by atoms with Gasteiger partial charge >= 0.3 is 0 Å². The Morgan fingerprint density at radius 2 is 1.91 bits per heavy atom. The smallest absolute Gasteiger partial charge is 0.134 e. The summed E-state index contributed by atoms with van der Waals surface area (Å²) in [7, 11) is 3.31. The van der Waals surface area contributed by atoms with Gasteiger partial charge in [-0.15, -0.1) is 0 Å². The Balaban J connectivity index is 1.32. The van der Waals surface area contributed by atoms with Crippen molar-refractivity contribution in [3.05, 3.63) is 54.2 Å². The van der Waals surface area contributed by atoms with Crippen LogP contribution in [0, 0.1) is 17.3 Å². The number of aliphatic hydroxyl groups excluding tert-OH is 1. The molecule has 6 heteroatoms. The van der Waals surface area contributed by atoms with Crippen LogP contribution in [0.5, 0.6) is 17.2 Å². The predicted molar refractivity (Wildman–Crippen MR) is 124 cm³/mol. The second-order valence-electron chi connectivity index (χ2n) is 9.15. The van der Waals surface area contributed by atoms with E-state index in [1.165, 1.54) is 12.8 Å². The highest BCUT2D eigenvalue weighted by Crippen LogP contribution is 2.61. The summed E-state index contributed by atoms with van der Waals surface area (Å²) in [5.41, 5.74) is 1.28. The molecule has 168 valence electrons. The molecular weight excluding hydrogens is 404 g/mol. The summed E-state index contributed by atoms with van der Waals surface area (Å²) in [5, 5.41) is 15.1. The summed E-state index contributed by atoms with van der Waals surface area (Å²) in [4.78, 5) is 4.57. The first kappa shape index (κ1) is 20.9. The van der Waals surface area contributed by atoms with E-state index in [2.05, 4.69) is 16.4 Å². The summed E-state index contributed by atoms with van der Waals surface area (Å²) in [6.45, 7) is 1.60. The average Bonchev–Trinajstić information content (AvgIpc) is 3.36. The van der Waals surface area contributed by atoms with Gasteiger partial charge in [-0.1, -0.05) is 12.1 Å². The summed E-state index contributed by atoms with van der Waals surface area (Å²) in [5.74, 6) is 4.39. The van der Waals surface area contributed by atoms with Crippen LogP contribution in [0.2, 0.25) is 0 Å². The zero-order chi connectivity index (χ0) is 22.1. The van der Waals surface area contributed by atoms with Gasteiger partial charge in [0.1, 0.15) is 23.1 Å². The van der Waals surface area contributed by atoms with E-state index in [4.69, 9.17) is 14.2 Å². The molecule has 1 unspecified atom stereocenters. The molecule has 3 aromatic rings. The fourth-order valence-corrected chi connectivity index (χ4v) is 5.52. The van der Waals surface area contributed by atoms with Gasteiger partial charge in [-0.05, 0) is 55.4 Å². The van der Waals surface area contributed by atoms with Crippen molar-refractivity contribution in [1.82, 2.24) is 4.98 Å². The summed E-state index contributed by atoms with van der Waals surface area (Å²) in [6, 6.07) is 13.9. The van der Waals surface area contributed by atoms with E-state index in [0.717, 1.165) is 45.8 Å². The first-order valence-corrected chi connectivity index (χ1v) is 11.2. The molecule has 3 aliphatic carbocycles. The molecule has 6 nitrogen and oxygen atoms in total. The Morgan fingerprint density at radius 1 is 1.03 bits per heavy atom. The number of rotatable bonds is 9. The molecule has 32 heavy (non-hydrogen) atoms. The maximum atomic E-state index is 9.56. The lowest BCUT2D eigenvalue weighted by Crippen LogP contribution is -2.34. The van der Waals surface area contributed by atoms with Crippen LogP contribution in [0.15, 0.2) is 48.7 Å². The normalized spacial score (nSPS) is 23.6. The van der Waals surface area contributed by atoms with Crippen molar-refractivity contribution in [2.24, 2.45) is 17.3 Å². The molecule has 0 amide bonds. The first-order chi connectivity index (χ1) is 15.6. The van der Waals surface area contributed by atoms with Crippen molar-refractivity contribution >= 4 is 16.6 Å². The Bertz CT molecular complexity index is 1110. The molecule has 2 bridgehead atoms. The van der Waals surface area contributed by atoms with Gasteiger partial charge in [0.05, 0.1) is 20.8 Å². The molecule has 3 saturated carbocycles. The monoisotopic (exact) mass is 434 g/mol. The highest BCUT2D eigenvalue weighted by Gasteiger charge is 2.55. The van der Waals surface area contributed by atoms with E-state index in [-0.39, 0.29) is 5.41 Å². The van der Waals surface area contributed by atoms with Gasteiger partial charge in [0.15, 0.2) is 0 Å². The molecule has 0 saturated heterocycles. The molecule has 0 aliphatic heterocycles. The molecule has 0 radical (unpaired) electrons. The van der Waals surface area contributed by atoms with E-state index < -0.39 is 0 Å². The van der Waals surface area contributed by atoms with Gasteiger partial charge in [0.25, 0.3) is 0 Å². The lowest BCUT2D eigenvalue weighted by atomic mass is 9.70. The largest absolute Gasteiger partial charge is 0.497 e. The summed E-state index contributed by atoms with van der Waals surface area (Å²) in [6.07, 6.45) is 5.26. The van der Waals surface area contributed by atoms with Crippen LogP contribution in [0.25, 0.3) is 10.8 Å². The Hall–Kier alpha value is -2.99. The molecule has 1 aromatic heterocycles. The van der Waals surface area contributed by atoms with Crippen molar-refractivity contribution < 1.29 is 19.3 Å². The van der Waals surface area contributed by atoms with Crippen LogP contribution < -0.4 is 19.5 Å². The van der Waals surface area contributed by atoms with Crippen molar-refractivity contribution in [1.29, 1.82) is 0 Å². The highest BCUT2D eigenvalue weighted by atomic mass is 16.5. The van der Waals surface area contributed by atoms with Crippen molar-refractivity contribution in [3.63, 3.8) is 0 Å². The molecule has 1 atom stereocenters. The maximum absolute atomic E-state index is 9.56. The number of ether oxygens (including phenoxy) is 3.